The standard InChI is InChI=1S/C40H72N6O13/c1-3-4-17-30(29(2)49)44-40(57)33(27-48)46-38(55)31(20-21-34(41)50)45-39(56)32(26-47)43-36(52)28-59-25-24-58-23-22-42-35(51)18-15-13-11-9-7-5-6-8-10-12-14-16-19-37(53)54/h30-33,47-48H,3-28H2,1-2H3,(H2,41,50)(H,42,51)(H,43,52)(H,44,57)(H,45,56)(H,46,55)(H,53,54)/t30-,31-,32?,33-/m0/s1. The monoisotopic (exact) mass is 845 g/mol. The molecule has 59 heavy (non-hydrogen) atoms. The minimum absolute atomic E-state index is 0.0205. The Morgan fingerprint density at radius 3 is 1.53 bits per heavy atom. The van der Waals surface area contributed by atoms with Gasteiger partial charge in [0.15, 0.2) is 5.78 Å². The van der Waals surface area contributed by atoms with E-state index in [0.29, 0.717) is 25.8 Å². The van der Waals surface area contributed by atoms with Gasteiger partial charge in [0.2, 0.25) is 35.4 Å². The molecule has 0 radical (unpaired) electrons. The lowest BCUT2D eigenvalue weighted by atomic mass is 10.0. The predicted octanol–water partition coefficient (Wildman–Crippen LogP) is 0.650. The van der Waals surface area contributed by atoms with E-state index in [1.807, 2.05) is 6.92 Å². The average molecular weight is 845 g/mol. The van der Waals surface area contributed by atoms with Crippen LogP contribution in [0.5, 0.6) is 0 Å². The number of aliphatic carboxylic acids is 1. The highest BCUT2D eigenvalue weighted by atomic mass is 16.5. The van der Waals surface area contributed by atoms with E-state index in [2.05, 4.69) is 26.6 Å². The van der Waals surface area contributed by atoms with Gasteiger partial charge in [0.1, 0.15) is 24.7 Å². The Morgan fingerprint density at radius 2 is 1.02 bits per heavy atom. The second-order valence-corrected chi connectivity index (χ2v) is 14.6. The second kappa shape index (κ2) is 35.7. The molecule has 0 aliphatic heterocycles. The fraction of sp³-hybridized carbons (Fsp3) is 0.800. The van der Waals surface area contributed by atoms with Crippen LogP contribution in [0.15, 0.2) is 0 Å². The van der Waals surface area contributed by atoms with Crippen molar-refractivity contribution < 1.29 is 63.1 Å². The molecule has 6 amide bonds. The van der Waals surface area contributed by atoms with Crippen LogP contribution < -0.4 is 32.3 Å². The summed E-state index contributed by atoms with van der Waals surface area (Å²) in [5, 5.41) is 40.4. The number of rotatable bonds is 39. The maximum atomic E-state index is 13.1. The Hall–Kier alpha value is -4.20. The van der Waals surface area contributed by atoms with Gasteiger partial charge >= 0.3 is 5.97 Å². The molecular weight excluding hydrogens is 772 g/mol. The van der Waals surface area contributed by atoms with Gasteiger partial charge in [-0.05, 0) is 32.6 Å². The number of carbonyl (C=O) groups excluding carboxylic acids is 7. The van der Waals surface area contributed by atoms with Gasteiger partial charge in [0.25, 0.3) is 0 Å². The zero-order valence-electron chi connectivity index (χ0n) is 35.2. The Morgan fingerprint density at radius 1 is 0.542 bits per heavy atom. The van der Waals surface area contributed by atoms with Gasteiger partial charge in [0.05, 0.1) is 39.1 Å². The SMILES string of the molecule is CCCC[C@H](NC(=O)[C@H](CO)NC(=O)[C@H](CCC(N)=O)NC(=O)C(CO)NC(=O)COCCOCCNC(=O)CCCCCCCCCCCCCCC(=O)O)C(C)=O. The lowest BCUT2D eigenvalue weighted by Crippen LogP contribution is -2.59. The molecule has 0 heterocycles. The zero-order chi connectivity index (χ0) is 44.3. The summed E-state index contributed by atoms with van der Waals surface area (Å²) in [6.07, 6.45) is 14.7. The van der Waals surface area contributed by atoms with Gasteiger partial charge in [-0.1, -0.05) is 84.0 Å². The molecule has 0 aliphatic carbocycles. The first kappa shape index (κ1) is 54.8. The van der Waals surface area contributed by atoms with Crippen molar-refractivity contribution >= 4 is 47.2 Å². The Kier molecular flexibility index (Phi) is 33.2. The first-order valence-electron chi connectivity index (χ1n) is 21.1. The van der Waals surface area contributed by atoms with Crippen LogP contribution in [0.4, 0.5) is 0 Å². The van der Waals surface area contributed by atoms with Crippen molar-refractivity contribution in [2.75, 3.05) is 46.2 Å². The molecule has 4 atom stereocenters. The molecule has 10 N–H and O–H groups in total. The van der Waals surface area contributed by atoms with E-state index in [-0.39, 0.29) is 50.8 Å². The summed E-state index contributed by atoms with van der Waals surface area (Å²) >= 11 is 0. The normalized spacial score (nSPS) is 13.0. The van der Waals surface area contributed by atoms with Gasteiger partial charge in [0, 0.05) is 25.8 Å². The molecule has 340 valence electrons. The highest BCUT2D eigenvalue weighted by Gasteiger charge is 2.30. The third-order valence-electron chi connectivity index (χ3n) is 9.33. The number of carboxylic acid groups (broad SMARTS) is 1. The number of aliphatic hydroxyl groups is 2. The molecule has 0 aromatic carbocycles. The van der Waals surface area contributed by atoms with E-state index in [1.165, 1.54) is 32.6 Å². The summed E-state index contributed by atoms with van der Waals surface area (Å²) in [5.41, 5.74) is 5.22. The highest BCUT2D eigenvalue weighted by molar-refractivity contribution is 5.95. The Bertz CT molecular complexity index is 1250. The number of carbonyl (C=O) groups is 8. The number of primary amides is 1. The average Bonchev–Trinajstić information content (AvgIpc) is 3.19. The number of ketones is 1. The fourth-order valence-electron chi connectivity index (χ4n) is 5.85. The maximum absolute atomic E-state index is 13.1. The minimum atomic E-state index is -1.52. The molecule has 0 saturated heterocycles. The van der Waals surface area contributed by atoms with E-state index in [0.717, 1.165) is 57.8 Å². The summed E-state index contributed by atoms with van der Waals surface area (Å²) < 4.78 is 10.7. The molecule has 19 heteroatoms. The predicted molar refractivity (Wildman–Crippen MR) is 217 cm³/mol. The third-order valence-corrected chi connectivity index (χ3v) is 9.33. The smallest absolute Gasteiger partial charge is 0.303 e. The van der Waals surface area contributed by atoms with Crippen molar-refractivity contribution in [3.8, 4) is 0 Å². The largest absolute Gasteiger partial charge is 0.481 e. The van der Waals surface area contributed by atoms with Crippen molar-refractivity contribution in [1.82, 2.24) is 26.6 Å². The number of carboxylic acids is 1. The van der Waals surface area contributed by atoms with Crippen LogP contribution >= 0.6 is 0 Å². The lowest BCUT2D eigenvalue weighted by Gasteiger charge is -2.25. The number of hydrogen-bond donors (Lipinski definition) is 9. The van der Waals surface area contributed by atoms with Crippen molar-refractivity contribution in [1.29, 1.82) is 0 Å². The summed E-state index contributed by atoms with van der Waals surface area (Å²) in [6, 6.07) is -5.29. The molecule has 0 saturated carbocycles. The summed E-state index contributed by atoms with van der Waals surface area (Å²) in [5.74, 6) is -5.41. The summed E-state index contributed by atoms with van der Waals surface area (Å²) in [4.78, 5) is 97.2. The number of hydrogen-bond acceptors (Lipinski definition) is 12. The highest BCUT2D eigenvalue weighted by Crippen LogP contribution is 2.13. The fourth-order valence-corrected chi connectivity index (χ4v) is 5.85. The number of nitrogens with one attached hydrogen (secondary N) is 5. The van der Waals surface area contributed by atoms with E-state index >= 15 is 0 Å². The van der Waals surface area contributed by atoms with E-state index in [9.17, 15) is 48.6 Å². The number of ether oxygens (including phenoxy) is 2. The number of Topliss-reactive ketones (excluding diaryl/α,β-unsaturated/α-hetero) is 1. The van der Waals surface area contributed by atoms with Crippen LogP contribution in [0.1, 0.15) is 136 Å². The summed E-state index contributed by atoms with van der Waals surface area (Å²) in [7, 11) is 0. The van der Waals surface area contributed by atoms with Crippen molar-refractivity contribution in [2.45, 2.75) is 160 Å². The summed E-state index contributed by atoms with van der Waals surface area (Å²) in [6.45, 7) is 1.74. The first-order valence-corrected chi connectivity index (χ1v) is 21.1. The van der Waals surface area contributed by atoms with Gasteiger partial charge in [-0.3, -0.25) is 38.4 Å². The zero-order valence-corrected chi connectivity index (χ0v) is 35.2. The van der Waals surface area contributed by atoms with Crippen molar-refractivity contribution in [2.24, 2.45) is 5.73 Å². The number of unbranched alkanes of at least 4 members (excludes halogenated alkanes) is 12. The molecule has 0 rings (SSSR count). The van der Waals surface area contributed by atoms with E-state index in [4.69, 9.17) is 20.3 Å². The molecule has 0 fully saturated rings. The van der Waals surface area contributed by atoms with Crippen LogP contribution in [0.3, 0.4) is 0 Å². The maximum Gasteiger partial charge on any atom is 0.303 e. The molecule has 19 nitrogen and oxygen atoms in total. The molecule has 0 aromatic rings. The van der Waals surface area contributed by atoms with Crippen LogP contribution in [0, 0.1) is 0 Å². The number of nitrogens with two attached hydrogens (primary N) is 1. The van der Waals surface area contributed by atoms with E-state index in [1.54, 1.807) is 0 Å². The van der Waals surface area contributed by atoms with Crippen LogP contribution in [-0.2, 0) is 47.8 Å². The van der Waals surface area contributed by atoms with Crippen LogP contribution in [-0.4, -0.2) is 133 Å². The Labute approximate surface area is 348 Å². The second-order valence-electron chi connectivity index (χ2n) is 14.6. The third kappa shape index (κ3) is 30.5. The number of amides is 6. The van der Waals surface area contributed by atoms with Gasteiger partial charge in [-0.2, -0.15) is 0 Å². The van der Waals surface area contributed by atoms with Crippen LogP contribution in [0.2, 0.25) is 0 Å². The van der Waals surface area contributed by atoms with Crippen molar-refractivity contribution in [3.05, 3.63) is 0 Å². The van der Waals surface area contributed by atoms with Crippen LogP contribution in [0.25, 0.3) is 0 Å². The van der Waals surface area contributed by atoms with Crippen molar-refractivity contribution in [3.63, 3.8) is 0 Å². The van der Waals surface area contributed by atoms with E-state index < -0.39 is 79.5 Å². The molecule has 0 spiro atoms. The molecule has 1 unspecified atom stereocenters. The van der Waals surface area contributed by atoms with Gasteiger partial charge < -0.3 is 57.1 Å². The quantitative estimate of drug-likeness (QED) is 0.0385. The number of aliphatic hydroxyl groups excluding tert-OH is 2. The minimum Gasteiger partial charge on any atom is -0.481 e. The molecule has 0 aliphatic rings. The topological polar surface area (TPSA) is 302 Å². The Balaban J connectivity index is 4.37. The molecular formula is C40H72N6O13. The molecule has 0 aromatic heterocycles. The first-order chi connectivity index (χ1) is 28.2. The lowest BCUT2D eigenvalue weighted by molar-refractivity contribution is -0.137. The van der Waals surface area contributed by atoms with Gasteiger partial charge in [-0.15, -0.1) is 0 Å². The molecule has 0 bridgehead atoms. The van der Waals surface area contributed by atoms with Gasteiger partial charge in [-0.25, -0.2) is 0 Å².